The van der Waals surface area contributed by atoms with E-state index >= 15 is 0 Å². The minimum Gasteiger partial charge on any atom is -0.369 e. The highest BCUT2D eigenvalue weighted by Gasteiger charge is 2.48. The molecule has 0 saturated carbocycles. The molecule has 0 aromatic rings. The molecule has 0 bridgehead atoms. The molecule has 0 aromatic heterocycles. The van der Waals surface area contributed by atoms with E-state index in [1.54, 1.807) is 0 Å². The van der Waals surface area contributed by atoms with Crippen molar-refractivity contribution in [3.63, 3.8) is 0 Å². The van der Waals surface area contributed by atoms with Crippen molar-refractivity contribution in [2.45, 2.75) is 104 Å². The summed E-state index contributed by atoms with van der Waals surface area (Å²) in [5, 5.41) is 3.73. The van der Waals surface area contributed by atoms with Gasteiger partial charge in [0.2, 0.25) is 0 Å². The van der Waals surface area contributed by atoms with Gasteiger partial charge in [-0.25, -0.2) is 0 Å². The van der Waals surface area contributed by atoms with Gasteiger partial charge in [-0.2, -0.15) is 0 Å². The molecular formula is C18H37NO. The minimum absolute atomic E-state index is 0.000243. The highest BCUT2D eigenvalue weighted by Crippen LogP contribution is 2.44. The van der Waals surface area contributed by atoms with Crippen LogP contribution >= 0.6 is 0 Å². The normalized spacial score (nSPS) is 25.8. The number of rotatable bonds is 9. The van der Waals surface area contributed by atoms with Gasteiger partial charge in [0.25, 0.3) is 0 Å². The summed E-state index contributed by atoms with van der Waals surface area (Å²) >= 11 is 0. The van der Waals surface area contributed by atoms with Gasteiger partial charge in [0.1, 0.15) is 0 Å². The van der Waals surface area contributed by atoms with E-state index in [0.29, 0.717) is 12.0 Å². The third-order valence-corrected chi connectivity index (χ3v) is 4.71. The van der Waals surface area contributed by atoms with Crippen molar-refractivity contribution < 1.29 is 4.74 Å². The molecule has 0 radical (unpaired) electrons. The van der Waals surface area contributed by atoms with Crippen LogP contribution in [0.15, 0.2) is 0 Å². The summed E-state index contributed by atoms with van der Waals surface area (Å²) in [6, 6.07) is 0.610. The van der Waals surface area contributed by atoms with Gasteiger partial charge in [0.05, 0.1) is 11.2 Å². The molecule has 0 amide bonds. The van der Waals surface area contributed by atoms with Crippen molar-refractivity contribution in [2.24, 2.45) is 5.92 Å². The molecule has 1 N–H and O–H groups in total. The van der Waals surface area contributed by atoms with E-state index in [1.165, 1.54) is 44.9 Å². The van der Waals surface area contributed by atoms with Crippen molar-refractivity contribution >= 4 is 0 Å². The second-order valence-corrected chi connectivity index (χ2v) is 7.64. The first kappa shape index (κ1) is 18.0. The maximum absolute atomic E-state index is 6.28. The topological polar surface area (TPSA) is 21.3 Å². The first-order valence-electron chi connectivity index (χ1n) is 8.76. The lowest BCUT2D eigenvalue weighted by Gasteiger charge is -2.33. The van der Waals surface area contributed by atoms with Crippen LogP contribution in [0.3, 0.4) is 0 Å². The lowest BCUT2D eigenvalue weighted by Crippen LogP contribution is -2.44. The Morgan fingerprint density at radius 1 is 1.05 bits per heavy atom. The number of unbranched alkanes of at least 4 members (excludes halogenated alkanes) is 4. The van der Waals surface area contributed by atoms with Crippen molar-refractivity contribution in [2.75, 3.05) is 6.54 Å². The minimum atomic E-state index is -0.000243. The van der Waals surface area contributed by atoms with E-state index in [-0.39, 0.29) is 11.2 Å². The molecule has 1 fully saturated rings. The zero-order valence-corrected chi connectivity index (χ0v) is 14.7. The van der Waals surface area contributed by atoms with E-state index < -0.39 is 0 Å². The SMILES string of the molecule is CCCCCCCC(NCC)C1CC(C)(C)OC1(C)C. The third-order valence-electron chi connectivity index (χ3n) is 4.71. The first-order valence-corrected chi connectivity index (χ1v) is 8.76. The Morgan fingerprint density at radius 3 is 2.20 bits per heavy atom. The summed E-state index contributed by atoms with van der Waals surface area (Å²) in [4.78, 5) is 0. The summed E-state index contributed by atoms with van der Waals surface area (Å²) in [7, 11) is 0. The average Bonchev–Trinajstić information content (AvgIpc) is 2.55. The zero-order valence-electron chi connectivity index (χ0n) is 14.7. The molecule has 20 heavy (non-hydrogen) atoms. The maximum atomic E-state index is 6.28. The van der Waals surface area contributed by atoms with E-state index in [4.69, 9.17) is 4.74 Å². The maximum Gasteiger partial charge on any atom is 0.0677 e. The highest BCUT2D eigenvalue weighted by atomic mass is 16.5. The monoisotopic (exact) mass is 283 g/mol. The van der Waals surface area contributed by atoms with Crippen LogP contribution in [-0.2, 0) is 4.74 Å². The molecule has 0 spiro atoms. The molecule has 0 aromatic carbocycles. The molecule has 2 atom stereocenters. The molecule has 120 valence electrons. The van der Waals surface area contributed by atoms with Crippen molar-refractivity contribution in [3.8, 4) is 0 Å². The van der Waals surface area contributed by atoms with Gasteiger partial charge in [-0.05, 0) is 47.1 Å². The molecule has 1 rings (SSSR count). The van der Waals surface area contributed by atoms with Gasteiger partial charge in [0, 0.05) is 12.0 Å². The van der Waals surface area contributed by atoms with Crippen LogP contribution in [0, 0.1) is 5.92 Å². The highest BCUT2D eigenvalue weighted by molar-refractivity contribution is 4.99. The zero-order chi connectivity index (χ0) is 15.2. The Hall–Kier alpha value is -0.0800. The molecule has 0 aliphatic carbocycles. The van der Waals surface area contributed by atoms with Crippen LogP contribution in [0.2, 0.25) is 0 Å². The Bertz CT molecular complexity index is 273. The van der Waals surface area contributed by atoms with Crippen LogP contribution in [0.1, 0.15) is 86.5 Å². The van der Waals surface area contributed by atoms with Crippen LogP contribution < -0.4 is 5.32 Å². The summed E-state index contributed by atoms with van der Waals surface area (Å²) in [6.07, 6.45) is 9.31. The molecule has 1 aliphatic rings. The van der Waals surface area contributed by atoms with E-state index in [9.17, 15) is 0 Å². The number of ether oxygens (including phenoxy) is 1. The fourth-order valence-electron chi connectivity index (χ4n) is 3.91. The van der Waals surface area contributed by atoms with Crippen LogP contribution in [0.25, 0.3) is 0 Å². The fraction of sp³-hybridized carbons (Fsp3) is 1.00. The summed E-state index contributed by atoms with van der Waals surface area (Å²) in [5.41, 5.74) is 0.0316. The van der Waals surface area contributed by atoms with Crippen molar-refractivity contribution in [1.82, 2.24) is 5.32 Å². The second-order valence-electron chi connectivity index (χ2n) is 7.64. The summed E-state index contributed by atoms with van der Waals surface area (Å²) in [5.74, 6) is 0.628. The Labute approximate surface area is 127 Å². The Kier molecular flexibility index (Phi) is 7.00. The van der Waals surface area contributed by atoms with Gasteiger partial charge < -0.3 is 10.1 Å². The summed E-state index contributed by atoms with van der Waals surface area (Å²) in [6.45, 7) is 14.6. The largest absolute Gasteiger partial charge is 0.369 e. The molecular weight excluding hydrogens is 246 g/mol. The molecule has 1 heterocycles. The van der Waals surface area contributed by atoms with Gasteiger partial charge in [-0.15, -0.1) is 0 Å². The number of hydrogen-bond acceptors (Lipinski definition) is 2. The molecule has 2 nitrogen and oxygen atoms in total. The second kappa shape index (κ2) is 7.79. The number of nitrogens with one attached hydrogen (secondary N) is 1. The van der Waals surface area contributed by atoms with Gasteiger partial charge in [0.15, 0.2) is 0 Å². The average molecular weight is 284 g/mol. The van der Waals surface area contributed by atoms with Crippen LogP contribution in [0.4, 0.5) is 0 Å². The quantitative estimate of drug-likeness (QED) is 0.606. The molecule has 1 aliphatic heterocycles. The molecule has 1 saturated heterocycles. The van der Waals surface area contributed by atoms with E-state index in [0.717, 1.165) is 6.54 Å². The van der Waals surface area contributed by atoms with Crippen molar-refractivity contribution in [1.29, 1.82) is 0 Å². The lowest BCUT2D eigenvalue weighted by molar-refractivity contribution is -0.0779. The smallest absolute Gasteiger partial charge is 0.0677 e. The van der Waals surface area contributed by atoms with Gasteiger partial charge >= 0.3 is 0 Å². The predicted octanol–water partition coefficient (Wildman–Crippen LogP) is 4.92. The summed E-state index contributed by atoms with van der Waals surface area (Å²) < 4.78 is 6.28. The van der Waals surface area contributed by atoms with Crippen LogP contribution in [-0.4, -0.2) is 23.8 Å². The standard InChI is InChI=1S/C18H37NO/c1-7-9-10-11-12-13-16(19-8-2)15-14-17(3,4)20-18(15,5)6/h15-16,19H,7-14H2,1-6H3. The first-order chi connectivity index (χ1) is 9.32. The fourth-order valence-corrected chi connectivity index (χ4v) is 3.91. The van der Waals surface area contributed by atoms with Gasteiger partial charge in [-0.1, -0.05) is 46.0 Å². The van der Waals surface area contributed by atoms with Crippen molar-refractivity contribution in [3.05, 3.63) is 0 Å². The van der Waals surface area contributed by atoms with E-state index in [2.05, 4.69) is 46.9 Å². The van der Waals surface area contributed by atoms with E-state index in [1.807, 2.05) is 0 Å². The molecule has 2 unspecified atom stereocenters. The third kappa shape index (κ3) is 5.37. The predicted molar refractivity (Wildman–Crippen MR) is 88.2 cm³/mol. The Balaban J connectivity index is 2.52. The van der Waals surface area contributed by atoms with Gasteiger partial charge in [-0.3, -0.25) is 0 Å². The Morgan fingerprint density at radius 2 is 1.70 bits per heavy atom. The number of hydrogen-bond donors (Lipinski definition) is 1. The lowest BCUT2D eigenvalue weighted by atomic mass is 9.79. The molecule has 2 heteroatoms. The van der Waals surface area contributed by atoms with Crippen LogP contribution in [0.5, 0.6) is 0 Å².